The molecule has 0 aromatic heterocycles. The van der Waals surface area contributed by atoms with E-state index in [9.17, 15) is 0 Å². The van der Waals surface area contributed by atoms with Crippen LogP contribution in [0, 0.1) is 6.92 Å². The number of benzene rings is 3. The number of hydrogen-bond acceptors (Lipinski definition) is 2. The van der Waals surface area contributed by atoms with E-state index in [1.165, 1.54) is 33.3 Å². The maximum atomic E-state index is 6.59. The molecule has 3 N–H and O–H groups in total. The second kappa shape index (κ2) is 12.4. The SMILES string of the molecule is CCN(CC)c1ccc2c(-c3ccc(C[NH3+])cc3C)c3ccc(=[N+](CC)CC)cc-3oc2c1.[Cl-].[Cl-]. The molecule has 0 radical (unpaired) electrons. The summed E-state index contributed by atoms with van der Waals surface area (Å²) >= 11 is 0. The molecule has 0 bridgehead atoms. The summed E-state index contributed by atoms with van der Waals surface area (Å²) in [6.07, 6.45) is 0. The quantitative estimate of drug-likeness (QED) is 0.252. The predicted molar refractivity (Wildman–Crippen MR) is 140 cm³/mol. The van der Waals surface area contributed by atoms with Crippen LogP contribution in [0.2, 0.25) is 0 Å². The second-order valence-corrected chi connectivity index (χ2v) is 8.58. The molecule has 2 aromatic carbocycles. The van der Waals surface area contributed by atoms with Gasteiger partial charge in [-0.1, -0.05) is 12.1 Å². The van der Waals surface area contributed by atoms with Gasteiger partial charge in [0, 0.05) is 53.0 Å². The van der Waals surface area contributed by atoms with E-state index >= 15 is 0 Å². The van der Waals surface area contributed by atoms with E-state index in [0.29, 0.717) is 0 Å². The van der Waals surface area contributed by atoms with Gasteiger partial charge in [0.05, 0.1) is 12.6 Å². The van der Waals surface area contributed by atoms with Crippen molar-refractivity contribution >= 4 is 16.7 Å². The molecule has 0 unspecified atom stereocenters. The number of quaternary nitrogens is 1. The fourth-order valence-corrected chi connectivity index (χ4v) is 4.89. The molecule has 1 heterocycles. The van der Waals surface area contributed by atoms with E-state index in [0.717, 1.165) is 55.0 Å². The lowest BCUT2D eigenvalue weighted by Gasteiger charge is -2.22. The molecule has 4 nitrogen and oxygen atoms in total. The van der Waals surface area contributed by atoms with Crippen LogP contribution < -0.4 is 45.4 Å². The zero-order valence-electron chi connectivity index (χ0n) is 21.5. The number of aryl methyl sites for hydroxylation is 1. The highest BCUT2D eigenvalue weighted by Crippen LogP contribution is 2.42. The number of fused-ring (bicyclic) bond motifs is 2. The molecule has 0 saturated heterocycles. The van der Waals surface area contributed by atoms with Crippen LogP contribution in [0.25, 0.3) is 33.4 Å². The summed E-state index contributed by atoms with van der Waals surface area (Å²) in [7, 11) is 0. The zero-order valence-corrected chi connectivity index (χ0v) is 23.0. The van der Waals surface area contributed by atoms with Gasteiger partial charge < -0.3 is 39.9 Å². The highest BCUT2D eigenvalue weighted by atomic mass is 35.5. The number of anilines is 1. The lowest BCUT2D eigenvalue weighted by molar-refractivity contribution is -0.386. The molecule has 6 heteroatoms. The summed E-state index contributed by atoms with van der Waals surface area (Å²) in [5.74, 6) is 0.930. The number of nitrogens with zero attached hydrogens (tertiary/aromatic N) is 2. The molecule has 0 spiro atoms. The van der Waals surface area contributed by atoms with Crippen molar-refractivity contribution in [3.05, 3.63) is 71.1 Å². The standard InChI is InChI=1S/C29H36N3O.2ClH/c1-6-31(7-2)22-11-14-25-27(17-22)33-28-18-23(32(8-3)9-4)12-15-26(28)29(25)24-13-10-21(19-30)16-20(24)5;;/h10-18H,6-9,19,30H2,1-5H3;2*1H/q+1;;/p-1. The van der Waals surface area contributed by atoms with Gasteiger partial charge in [0.15, 0.2) is 0 Å². The first kappa shape index (κ1) is 28.7. The van der Waals surface area contributed by atoms with E-state index in [1.807, 2.05) is 0 Å². The molecule has 0 saturated carbocycles. The topological polar surface area (TPSA) is 47.0 Å². The molecule has 4 rings (SSSR count). The van der Waals surface area contributed by atoms with E-state index in [-0.39, 0.29) is 24.8 Å². The Labute approximate surface area is 221 Å². The molecule has 1 aliphatic heterocycles. The minimum atomic E-state index is 0. The van der Waals surface area contributed by atoms with Crippen LogP contribution in [0.1, 0.15) is 38.8 Å². The third-order valence-electron chi connectivity index (χ3n) is 6.79. The lowest BCUT2D eigenvalue weighted by Crippen LogP contribution is -3.00. The Morgan fingerprint density at radius 1 is 0.829 bits per heavy atom. The van der Waals surface area contributed by atoms with Crippen molar-refractivity contribution in [2.45, 2.75) is 41.2 Å². The molecule has 0 fully saturated rings. The molecule has 35 heavy (non-hydrogen) atoms. The van der Waals surface area contributed by atoms with Crippen LogP contribution in [0.15, 0.2) is 59.0 Å². The fourth-order valence-electron chi connectivity index (χ4n) is 4.89. The highest BCUT2D eigenvalue weighted by Gasteiger charge is 2.20. The summed E-state index contributed by atoms with van der Waals surface area (Å²) in [4.78, 5) is 2.36. The van der Waals surface area contributed by atoms with Gasteiger partial charge in [-0.3, -0.25) is 0 Å². The molecule has 0 atom stereocenters. The van der Waals surface area contributed by atoms with Crippen LogP contribution in [0.3, 0.4) is 0 Å². The van der Waals surface area contributed by atoms with Crippen molar-refractivity contribution in [3.63, 3.8) is 0 Å². The van der Waals surface area contributed by atoms with Gasteiger partial charge in [0.25, 0.3) is 0 Å². The van der Waals surface area contributed by atoms with E-state index in [4.69, 9.17) is 4.42 Å². The van der Waals surface area contributed by atoms with E-state index < -0.39 is 0 Å². The van der Waals surface area contributed by atoms with E-state index in [2.05, 4.69) is 104 Å². The van der Waals surface area contributed by atoms with Gasteiger partial charge in [0.1, 0.15) is 24.4 Å². The molecular weight excluding hydrogens is 477 g/mol. The van der Waals surface area contributed by atoms with Gasteiger partial charge in [-0.25, -0.2) is 4.58 Å². The van der Waals surface area contributed by atoms with Crippen molar-refractivity contribution < 1.29 is 35.0 Å². The van der Waals surface area contributed by atoms with Gasteiger partial charge >= 0.3 is 0 Å². The maximum Gasteiger partial charge on any atom is 0.203 e. The maximum absolute atomic E-state index is 6.59. The Hall–Kier alpha value is -2.53. The van der Waals surface area contributed by atoms with Crippen LogP contribution in [0.4, 0.5) is 5.69 Å². The third kappa shape index (κ3) is 5.50. The van der Waals surface area contributed by atoms with E-state index in [1.54, 1.807) is 0 Å². The monoisotopic (exact) mass is 513 g/mol. The van der Waals surface area contributed by atoms with Gasteiger partial charge in [-0.15, -0.1) is 0 Å². The third-order valence-corrected chi connectivity index (χ3v) is 6.79. The normalized spacial score (nSPS) is 10.7. The van der Waals surface area contributed by atoms with Crippen molar-refractivity contribution in [3.8, 4) is 22.5 Å². The van der Waals surface area contributed by atoms with Crippen molar-refractivity contribution in [2.75, 3.05) is 31.1 Å². The lowest BCUT2D eigenvalue weighted by atomic mass is 9.90. The molecule has 0 amide bonds. The van der Waals surface area contributed by atoms with Crippen LogP contribution in [-0.4, -0.2) is 26.2 Å². The number of halogens is 2. The van der Waals surface area contributed by atoms with Gasteiger partial charge in [-0.2, -0.15) is 0 Å². The average molecular weight is 515 g/mol. The van der Waals surface area contributed by atoms with Crippen molar-refractivity contribution in [1.29, 1.82) is 0 Å². The smallest absolute Gasteiger partial charge is 0.203 e. The minimum absolute atomic E-state index is 0. The first-order chi connectivity index (χ1) is 16.0. The molecule has 2 aliphatic rings. The largest absolute Gasteiger partial charge is 1.00 e. The highest BCUT2D eigenvalue weighted by molar-refractivity contribution is 6.03. The first-order valence-electron chi connectivity index (χ1n) is 12.3. The summed E-state index contributed by atoms with van der Waals surface area (Å²) in [5, 5.41) is 2.35. The van der Waals surface area contributed by atoms with Crippen LogP contribution in [-0.2, 0) is 6.54 Å². The number of hydrogen-bond donors (Lipinski definition) is 1. The average Bonchev–Trinajstić information content (AvgIpc) is 2.84. The summed E-state index contributed by atoms with van der Waals surface area (Å²) < 4.78 is 8.95. The molecular formula is C29H37Cl2N3O. The van der Waals surface area contributed by atoms with Crippen LogP contribution in [0.5, 0.6) is 0 Å². The van der Waals surface area contributed by atoms with Gasteiger partial charge in [0.2, 0.25) is 5.36 Å². The van der Waals surface area contributed by atoms with Gasteiger partial charge in [-0.05, 0) is 70.0 Å². The Morgan fingerprint density at radius 3 is 2.11 bits per heavy atom. The molecule has 188 valence electrons. The first-order valence-corrected chi connectivity index (χ1v) is 12.3. The Balaban J connectivity index is 0.00000216. The Morgan fingerprint density at radius 2 is 1.51 bits per heavy atom. The Bertz CT molecular complexity index is 1320. The summed E-state index contributed by atoms with van der Waals surface area (Å²) in [6.45, 7) is 15.7. The van der Waals surface area contributed by atoms with Crippen LogP contribution >= 0.6 is 0 Å². The summed E-state index contributed by atoms with van der Waals surface area (Å²) in [6, 6.07) is 20.0. The second-order valence-electron chi connectivity index (χ2n) is 8.58. The summed E-state index contributed by atoms with van der Waals surface area (Å²) in [5.41, 5.74) is 12.4. The van der Waals surface area contributed by atoms with Crippen molar-refractivity contribution in [1.82, 2.24) is 4.58 Å². The predicted octanol–water partition coefficient (Wildman–Crippen LogP) is -1.08. The Kier molecular flexibility index (Phi) is 10.2. The van der Waals surface area contributed by atoms with Crippen molar-refractivity contribution in [2.24, 2.45) is 0 Å². The number of rotatable bonds is 7. The zero-order chi connectivity index (χ0) is 23.5. The molecule has 1 aliphatic carbocycles. The fraction of sp³-hybridized carbons (Fsp3) is 0.345. The molecule has 2 aromatic rings. The minimum Gasteiger partial charge on any atom is -1.00 e.